The van der Waals surface area contributed by atoms with Gasteiger partial charge in [-0.15, -0.1) is 13.2 Å². The quantitative estimate of drug-likeness (QED) is 0.605. The van der Waals surface area contributed by atoms with Gasteiger partial charge < -0.3 is 10.1 Å². The maximum absolute atomic E-state index is 12.9. The van der Waals surface area contributed by atoms with E-state index < -0.39 is 12.3 Å². The van der Waals surface area contributed by atoms with Crippen LogP contribution in [-0.4, -0.2) is 34.1 Å². The Kier molecular flexibility index (Phi) is 4.87. The highest BCUT2D eigenvalue weighted by molar-refractivity contribution is 5.95. The second-order valence-electron chi connectivity index (χ2n) is 7.20. The number of ether oxygens (including phenoxy) is 1. The van der Waals surface area contributed by atoms with Crippen LogP contribution in [0.1, 0.15) is 23.2 Å². The number of nitrogens with zero attached hydrogens (tertiary/aromatic N) is 2. The van der Waals surface area contributed by atoms with E-state index in [1.54, 1.807) is 22.7 Å². The number of carbonyl (C=O) groups is 1. The number of alkyl halides is 5. The fourth-order valence-electron chi connectivity index (χ4n) is 3.43. The molecule has 158 valence electrons. The van der Waals surface area contributed by atoms with Crippen molar-refractivity contribution in [3.05, 3.63) is 54.4 Å². The molecule has 1 amide bonds. The number of pyridine rings is 1. The van der Waals surface area contributed by atoms with Crippen molar-refractivity contribution in [1.29, 1.82) is 0 Å². The second kappa shape index (κ2) is 7.26. The van der Waals surface area contributed by atoms with Crippen molar-refractivity contribution in [1.82, 2.24) is 14.7 Å². The summed E-state index contributed by atoms with van der Waals surface area (Å²) in [6.45, 7) is 0.186. The fraction of sp³-hybridized carbons (Fsp3) is 0.300. The molecule has 2 aromatic heterocycles. The van der Waals surface area contributed by atoms with Gasteiger partial charge in [-0.1, -0.05) is 0 Å². The number of aromatic nitrogens is 2. The van der Waals surface area contributed by atoms with Crippen molar-refractivity contribution in [2.24, 2.45) is 5.92 Å². The molecule has 0 unspecified atom stereocenters. The number of hydrogen-bond donors (Lipinski definition) is 1. The van der Waals surface area contributed by atoms with Gasteiger partial charge in [-0.3, -0.25) is 9.20 Å². The van der Waals surface area contributed by atoms with Crippen molar-refractivity contribution >= 4 is 11.6 Å². The predicted molar refractivity (Wildman–Crippen MR) is 97.3 cm³/mol. The van der Waals surface area contributed by atoms with Gasteiger partial charge >= 0.3 is 6.36 Å². The number of benzene rings is 1. The minimum atomic E-state index is -4.76. The average Bonchev–Trinajstić information content (AvgIpc) is 3.07. The lowest BCUT2D eigenvalue weighted by molar-refractivity contribution is -0.274. The SMILES string of the molecule is O=C(NCC1CC(F)(F)C1)c1ccn2c(-c3ccc(OC(F)(F)F)cc3)cnc2c1. The molecule has 0 bridgehead atoms. The summed E-state index contributed by atoms with van der Waals surface area (Å²) in [5.74, 6) is -3.57. The zero-order valence-electron chi connectivity index (χ0n) is 15.4. The Morgan fingerprint density at radius 3 is 2.53 bits per heavy atom. The van der Waals surface area contributed by atoms with Crippen molar-refractivity contribution < 1.29 is 31.5 Å². The van der Waals surface area contributed by atoms with E-state index >= 15 is 0 Å². The summed E-state index contributed by atoms with van der Waals surface area (Å²) in [6.07, 6.45) is -2.05. The van der Waals surface area contributed by atoms with Crippen molar-refractivity contribution in [2.75, 3.05) is 6.54 Å². The first-order valence-corrected chi connectivity index (χ1v) is 9.09. The van der Waals surface area contributed by atoms with Gasteiger partial charge in [0.1, 0.15) is 11.4 Å². The average molecular weight is 425 g/mol. The molecule has 1 saturated carbocycles. The summed E-state index contributed by atoms with van der Waals surface area (Å²) in [5, 5.41) is 2.65. The molecule has 1 aromatic carbocycles. The Hall–Kier alpha value is -3.17. The largest absolute Gasteiger partial charge is 0.573 e. The number of imidazole rings is 1. The van der Waals surface area contributed by atoms with Crippen molar-refractivity contribution in [3.8, 4) is 17.0 Å². The smallest absolute Gasteiger partial charge is 0.406 e. The molecule has 0 spiro atoms. The first-order chi connectivity index (χ1) is 14.1. The standard InChI is InChI=1S/C20H16F5N3O2/c21-19(22)8-12(9-19)10-27-18(29)14-5-6-28-16(11-26-17(28)7-14)13-1-3-15(4-2-13)30-20(23,24)25/h1-7,11-12H,8-10H2,(H,27,29). The van der Waals surface area contributed by atoms with Crippen LogP contribution in [0.3, 0.4) is 0 Å². The predicted octanol–water partition coefficient (Wildman–Crippen LogP) is 4.68. The van der Waals surface area contributed by atoms with E-state index in [0.29, 0.717) is 22.5 Å². The number of nitrogens with one attached hydrogen (secondary N) is 1. The van der Waals surface area contributed by atoms with E-state index in [4.69, 9.17) is 0 Å². The lowest BCUT2D eigenvalue weighted by Crippen LogP contribution is -2.42. The van der Waals surface area contributed by atoms with Crippen LogP contribution >= 0.6 is 0 Å². The van der Waals surface area contributed by atoms with Gasteiger partial charge in [0.05, 0.1) is 11.9 Å². The molecule has 5 nitrogen and oxygen atoms in total. The van der Waals surface area contributed by atoms with Gasteiger partial charge in [0.2, 0.25) is 5.92 Å². The molecule has 30 heavy (non-hydrogen) atoms. The first kappa shape index (κ1) is 20.1. The molecular weight excluding hydrogens is 409 g/mol. The maximum Gasteiger partial charge on any atom is 0.573 e. The van der Waals surface area contributed by atoms with Crippen LogP contribution in [0.15, 0.2) is 48.8 Å². The van der Waals surface area contributed by atoms with Crippen molar-refractivity contribution in [2.45, 2.75) is 25.1 Å². The van der Waals surface area contributed by atoms with Crippen molar-refractivity contribution in [3.63, 3.8) is 0 Å². The highest BCUT2D eigenvalue weighted by atomic mass is 19.4. The van der Waals surface area contributed by atoms with E-state index in [1.807, 2.05) is 0 Å². The van der Waals surface area contributed by atoms with Crippen LogP contribution in [0.2, 0.25) is 0 Å². The number of amides is 1. The van der Waals surface area contributed by atoms with Gasteiger partial charge in [0.15, 0.2) is 0 Å². The van der Waals surface area contributed by atoms with Gasteiger partial charge in [0, 0.05) is 36.7 Å². The fourth-order valence-corrected chi connectivity index (χ4v) is 3.43. The normalized spacial score (nSPS) is 16.3. The molecule has 3 aromatic rings. The van der Waals surface area contributed by atoms with E-state index in [9.17, 15) is 26.7 Å². The maximum atomic E-state index is 12.9. The molecule has 1 N–H and O–H groups in total. The molecule has 0 radical (unpaired) electrons. The monoisotopic (exact) mass is 425 g/mol. The van der Waals surface area contributed by atoms with Crippen LogP contribution in [0, 0.1) is 5.92 Å². The Labute approximate surface area is 167 Å². The molecule has 4 rings (SSSR count). The van der Waals surface area contributed by atoms with Crippen LogP contribution < -0.4 is 10.1 Å². The van der Waals surface area contributed by atoms with E-state index in [0.717, 1.165) is 0 Å². The van der Waals surface area contributed by atoms with Gasteiger partial charge in [0.25, 0.3) is 5.91 Å². The minimum Gasteiger partial charge on any atom is -0.406 e. The summed E-state index contributed by atoms with van der Waals surface area (Å²) in [7, 11) is 0. The summed E-state index contributed by atoms with van der Waals surface area (Å²) in [5.41, 5.74) is 2.02. The third-order valence-corrected chi connectivity index (χ3v) is 4.89. The molecule has 2 heterocycles. The number of fused-ring (bicyclic) bond motifs is 1. The third-order valence-electron chi connectivity index (χ3n) is 4.89. The molecule has 1 aliphatic rings. The molecule has 0 atom stereocenters. The van der Waals surface area contributed by atoms with E-state index in [2.05, 4.69) is 15.0 Å². The molecule has 10 heteroatoms. The van der Waals surface area contributed by atoms with Gasteiger partial charge in [-0.25, -0.2) is 13.8 Å². The summed E-state index contributed by atoms with van der Waals surface area (Å²) >= 11 is 0. The van der Waals surface area contributed by atoms with Gasteiger partial charge in [-0.05, 0) is 42.3 Å². The highest BCUT2D eigenvalue weighted by Gasteiger charge is 2.45. The molecule has 0 aliphatic heterocycles. The van der Waals surface area contributed by atoms with E-state index in [-0.39, 0.29) is 37.0 Å². The Morgan fingerprint density at radius 2 is 1.90 bits per heavy atom. The van der Waals surface area contributed by atoms with Crippen LogP contribution in [-0.2, 0) is 0 Å². The van der Waals surface area contributed by atoms with E-state index in [1.165, 1.54) is 30.5 Å². The first-order valence-electron chi connectivity index (χ1n) is 9.09. The van der Waals surface area contributed by atoms with Gasteiger partial charge in [-0.2, -0.15) is 0 Å². The lowest BCUT2D eigenvalue weighted by atomic mass is 9.81. The van der Waals surface area contributed by atoms with Crippen LogP contribution in [0.5, 0.6) is 5.75 Å². The Bertz CT molecular complexity index is 1070. The number of rotatable bonds is 5. The highest BCUT2D eigenvalue weighted by Crippen LogP contribution is 2.41. The number of halogens is 5. The third kappa shape index (κ3) is 4.37. The Balaban J connectivity index is 1.46. The minimum absolute atomic E-state index is 0.186. The summed E-state index contributed by atoms with van der Waals surface area (Å²) < 4.78 is 68.1. The zero-order valence-corrected chi connectivity index (χ0v) is 15.4. The Morgan fingerprint density at radius 1 is 1.20 bits per heavy atom. The zero-order chi connectivity index (χ0) is 21.5. The second-order valence-corrected chi connectivity index (χ2v) is 7.20. The summed E-state index contributed by atoms with van der Waals surface area (Å²) in [6, 6.07) is 8.46. The molecule has 0 saturated heterocycles. The number of hydrogen-bond acceptors (Lipinski definition) is 3. The van der Waals surface area contributed by atoms with Crippen LogP contribution in [0.25, 0.3) is 16.9 Å². The number of carbonyl (C=O) groups excluding carboxylic acids is 1. The molecule has 1 aliphatic carbocycles. The topological polar surface area (TPSA) is 55.6 Å². The lowest BCUT2D eigenvalue weighted by Gasteiger charge is -2.34. The molecular formula is C20H16F5N3O2. The summed E-state index contributed by atoms with van der Waals surface area (Å²) in [4.78, 5) is 16.5. The molecule has 1 fully saturated rings. The van der Waals surface area contributed by atoms with Crippen LogP contribution in [0.4, 0.5) is 22.0 Å².